The number of nitrogens with two attached hydrogens (primary N) is 1. The molecule has 1 heterocycles. The van der Waals surface area contributed by atoms with Crippen molar-refractivity contribution in [1.82, 2.24) is 0 Å². The number of thioether (sulfide) groups is 1. The number of aliphatic imine (C=N–C) groups is 1. The van der Waals surface area contributed by atoms with E-state index in [-0.39, 0.29) is 5.96 Å². The average molecular weight is 316 g/mol. The summed E-state index contributed by atoms with van der Waals surface area (Å²) >= 11 is 7.76. The molecule has 7 heteroatoms. The van der Waals surface area contributed by atoms with Crippen molar-refractivity contribution >= 4 is 35.0 Å². The first-order valence-electron chi connectivity index (χ1n) is 6.23. The molecule has 0 bridgehead atoms. The van der Waals surface area contributed by atoms with Crippen LogP contribution < -0.4 is 15.8 Å². The molecule has 1 saturated heterocycles. The van der Waals surface area contributed by atoms with Crippen molar-refractivity contribution in [3.05, 3.63) is 23.2 Å². The first kappa shape index (κ1) is 15.3. The van der Waals surface area contributed by atoms with Crippen LogP contribution in [0.3, 0.4) is 0 Å². The summed E-state index contributed by atoms with van der Waals surface area (Å²) in [6, 6.07) is 5.26. The number of halogens is 1. The molecule has 0 amide bonds. The van der Waals surface area contributed by atoms with E-state index in [1.807, 2.05) is 0 Å². The van der Waals surface area contributed by atoms with Crippen LogP contribution in [0.1, 0.15) is 6.42 Å². The van der Waals surface area contributed by atoms with Gasteiger partial charge in [-0.25, -0.2) is 0 Å². The lowest BCUT2D eigenvalue weighted by Crippen LogP contribution is -2.34. The quantitative estimate of drug-likeness (QED) is 0.584. The Morgan fingerprint density at radius 3 is 3.05 bits per heavy atom. The maximum absolute atomic E-state index is 10.2. The van der Waals surface area contributed by atoms with Gasteiger partial charge in [-0.1, -0.05) is 11.6 Å². The van der Waals surface area contributed by atoms with Crippen LogP contribution in [-0.2, 0) is 0 Å². The number of hydrogen-bond donors (Lipinski definition) is 3. The lowest BCUT2D eigenvalue weighted by atomic mass is 10.1. The van der Waals surface area contributed by atoms with E-state index < -0.39 is 5.60 Å². The normalized spacial score (nSPS) is 22.9. The predicted molar refractivity (Wildman–Crippen MR) is 85.0 cm³/mol. The number of hydrogen-bond acceptors (Lipinski definition) is 4. The Balaban J connectivity index is 1.96. The smallest absolute Gasteiger partial charge is 0.193 e. The number of methoxy groups -OCH3 is 1. The Bertz CT molecular complexity index is 504. The number of benzene rings is 1. The third-order valence-corrected chi connectivity index (χ3v) is 4.58. The van der Waals surface area contributed by atoms with Crippen LogP contribution in [0.2, 0.25) is 5.02 Å². The molecule has 1 unspecified atom stereocenters. The summed E-state index contributed by atoms with van der Waals surface area (Å²) in [6.45, 7) is 0.308. The zero-order chi connectivity index (χ0) is 14.6. The van der Waals surface area contributed by atoms with Crippen LogP contribution in [0, 0.1) is 0 Å². The summed E-state index contributed by atoms with van der Waals surface area (Å²) in [5.41, 5.74) is 5.81. The number of guanidine groups is 1. The SMILES string of the molecule is COc1ccc(NC(N)=NCC2(O)CCSC2)cc1Cl. The number of anilines is 1. The van der Waals surface area contributed by atoms with Crippen LogP contribution >= 0.6 is 23.4 Å². The second-order valence-electron chi connectivity index (χ2n) is 4.70. The molecule has 1 atom stereocenters. The average Bonchev–Trinajstić information content (AvgIpc) is 2.84. The minimum absolute atomic E-state index is 0.261. The standard InChI is InChI=1S/C13H18ClN3O2S/c1-19-11-3-2-9(6-10(11)14)17-12(15)16-7-13(18)4-5-20-8-13/h2-3,6,18H,4-5,7-8H2,1H3,(H3,15,16,17). The van der Waals surface area contributed by atoms with Crippen LogP contribution in [0.5, 0.6) is 5.75 Å². The van der Waals surface area contributed by atoms with E-state index in [4.69, 9.17) is 22.1 Å². The van der Waals surface area contributed by atoms with E-state index >= 15 is 0 Å². The summed E-state index contributed by atoms with van der Waals surface area (Å²) in [5.74, 6) is 2.53. The van der Waals surface area contributed by atoms with E-state index in [9.17, 15) is 5.11 Å². The second-order valence-corrected chi connectivity index (χ2v) is 6.22. The molecular formula is C13H18ClN3O2S. The van der Waals surface area contributed by atoms with E-state index in [0.29, 0.717) is 23.1 Å². The molecule has 20 heavy (non-hydrogen) atoms. The Labute approximate surface area is 127 Å². The molecule has 0 saturated carbocycles. The fraction of sp³-hybridized carbons (Fsp3) is 0.462. The molecule has 1 fully saturated rings. The minimum Gasteiger partial charge on any atom is -0.495 e. The Kier molecular flexibility index (Phi) is 5.01. The van der Waals surface area contributed by atoms with Crippen molar-refractivity contribution < 1.29 is 9.84 Å². The van der Waals surface area contributed by atoms with Gasteiger partial charge in [0.25, 0.3) is 0 Å². The zero-order valence-corrected chi connectivity index (χ0v) is 12.8. The van der Waals surface area contributed by atoms with Gasteiger partial charge in [0.05, 0.1) is 24.3 Å². The molecular weight excluding hydrogens is 298 g/mol. The monoisotopic (exact) mass is 315 g/mol. The molecule has 110 valence electrons. The fourth-order valence-electron chi connectivity index (χ4n) is 1.89. The summed E-state index contributed by atoms with van der Waals surface area (Å²) in [4.78, 5) is 4.19. The largest absolute Gasteiger partial charge is 0.495 e. The van der Waals surface area contributed by atoms with Gasteiger partial charge in [0, 0.05) is 11.4 Å². The molecule has 0 spiro atoms. The summed E-state index contributed by atoms with van der Waals surface area (Å²) < 4.78 is 5.08. The maximum atomic E-state index is 10.2. The van der Waals surface area contributed by atoms with Crippen molar-refractivity contribution in [3.8, 4) is 5.75 Å². The number of nitrogens with one attached hydrogen (secondary N) is 1. The van der Waals surface area contributed by atoms with Gasteiger partial charge in [-0.2, -0.15) is 11.8 Å². The fourth-order valence-corrected chi connectivity index (χ4v) is 3.43. The van der Waals surface area contributed by atoms with Gasteiger partial charge in [0.1, 0.15) is 5.75 Å². The van der Waals surface area contributed by atoms with Gasteiger partial charge in [-0.05, 0) is 30.4 Å². The summed E-state index contributed by atoms with van der Waals surface area (Å²) in [7, 11) is 1.56. The van der Waals surface area contributed by atoms with Crippen LogP contribution in [0.15, 0.2) is 23.2 Å². The topological polar surface area (TPSA) is 79.9 Å². The lowest BCUT2D eigenvalue weighted by Gasteiger charge is -2.18. The number of nitrogens with zero attached hydrogens (tertiary/aromatic N) is 1. The van der Waals surface area contributed by atoms with E-state index in [2.05, 4.69) is 10.3 Å². The minimum atomic E-state index is -0.728. The summed E-state index contributed by atoms with van der Waals surface area (Å²) in [6.07, 6.45) is 0.753. The number of rotatable bonds is 4. The maximum Gasteiger partial charge on any atom is 0.193 e. The molecule has 1 aliphatic rings. The first-order valence-corrected chi connectivity index (χ1v) is 7.76. The van der Waals surface area contributed by atoms with Gasteiger partial charge in [-0.3, -0.25) is 4.99 Å². The van der Waals surface area contributed by atoms with Gasteiger partial charge < -0.3 is 20.9 Å². The number of ether oxygens (including phenoxy) is 1. The third-order valence-electron chi connectivity index (χ3n) is 3.05. The van der Waals surface area contributed by atoms with Crippen LogP contribution in [0.4, 0.5) is 5.69 Å². The molecule has 0 radical (unpaired) electrons. The van der Waals surface area contributed by atoms with Gasteiger partial charge in [0.15, 0.2) is 5.96 Å². The lowest BCUT2D eigenvalue weighted by molar-refractivity contribution is 0.0780. The van der Waals surface area contributed by atoms with E-state index in [1.165, 1.54) is 0 Å². The molecule has 5 nitrogen and oxygen atoms in total. The predicted octanol–water partition coefficient (Wildman–Crippen LogP) is 1.94. The van der Waals surface area contributed by atoms with Crippen molar-refractivity contribution in [2.75, 3.05) is 30.5 Å². The van der Waals surface area contributed by atoms with Gasteiger partial charge in [0.2, 0.25) is 0 Å². The van der Waals surface area contributed by atoms with Gasteiger partial charge in [-0.15, -0.1) is 0 Å². The summed E-state index contributed by atoms with van der Waals surface area (Å²) in [5, 5.41) is 13.6. The van der Waals surface area contributed by atoms with Crippen molar-refractivity contribution in [1.29, 1.82) is 0 Å². The van der Waals surface area contributed by atoms with E-state index in [1.54, 1.807) is 37.1 Å². The molecule has 1 aromatic carbocycles. The van der Waals surface area contributed by atoms with Crippen LogP contribution in [-0.4, -0.2) is 41.8 Å². The van der Waals surface area contributed by atoms with Gasteiger partial charge >= 0.3 is 0 Å². The molecule has 2 rings (SSSR count). The Morgan fingerprint density at radius 1 is 1.65 bits per heavy atom. The highest BCUT2D eigenvalue weighted by Gasteiger charge is 2.31. The second kappa shape index (κ2) is 6.56. The Hall–Kier alpha value is -1.11. The molecule has 4 N–H and O–H groups in total. The van der Waals surface area contributed by atoms with Crippen molar-refractivity contribution in [2.24, 2.45) is 10.7 Å². The highest BCUT2D eigenvalue weighted by Crippen LogP contribution is 2.28. The molecule has 1 aliphatic heterocycles. The van der Waals surface area contributed by atoms with Crippen molar-refractivity contribution in [3.63, 3.8) is 0 Å². The molecule has 1 aromatic rings. The highest BCUT2D eigenvalue weighted by atomic mass is 35.5. The van der Waals surface area contributed by atoms with Crippen molar-refractivity contribution in [2.45, 2.75) is 12.0 Å². The first-order chi connectivity index (χ1) is 9.52. The highest BCUT2D eigenvalue weighted by molar-refractivity contribution is 7.99. The number of aliphatic hydroxyl groups is 1. The zero-order valence-electron chi connectivity index (χ0n) is 11.2. The molecule has 0 aliphatic carbocycles. The Morgan fingerprint density at radius 2 is 2.45 bits per heavy atom. The molecule has 0 aromatic heterocycles. The van der Waals surface area contributed by atoms with Crippen LogP contribution in [0.25, 0.3) is 0 Å². The van der Waals surface area contributed by atoms with E-state index in [0.717, 1.165) is 17.9 Å². The third kappa shape index (κ3) is 3.94.